The van der Waals surface area contributed by atoms with Crippen molar-refractivity contribution in [3.8, 4) is 23.3 Å². The van der Waals surface area contributed by atoms with Gasteiger partial charge in [0.2, 0.25) is 0 Å². The van der Waals surface area contributed by atoms with E-state index in [2.05, 4.69) is 22.0 Å². The summed E-state index contributed by atoms with van der Waals surface area (Å²) < 4.78 is 11.5. The van der Waals surface area contributed by atoms with Crippen molar-refractivity contribution in [3.63, 3.8) is 0 Å². The Bertz CT molecular complexity index is 588. The number of methoxy groups -OCH3 is 1. The molecule has 2 aromatic rings. The molecule has 0 aromatic heterocycles. The van der Waals surface area contributed by atoms with Gasteiger partial charge in [-0.3, -0.25) is 0 Å². The molecule has 18 heavy (non-hydrogen) atoms. The Morgan fingerprint density at radius 2 is 1.72 bits per heavy atom. The van der Waals surface area contributed by atoms with Crippen LogP contribution in [0.4, 0.5) is 0 Å². The zero-order valence-corrected chi connectivity index (χ0v) is 11.3. The van der Waals surface area contributed by atoms with Crippen LogP contribution in [0.15, 0.2) is 46.9 Å². The highest BCUT2D eigenvalue weighted by Crippen LogP contribution is 2.31. The van der Waals surface area contributed by atoms with Crippen LogP contribution in [0, 0.1) is 11.3 Å². The molecule has 0 aliphatic rings. The Morgan fingerprint density at radius 3 is 2.28 bits per heavy atom. The average Bonchev–Trinajstić information content (AvgIpc) is 2.42. The van der Waals surface area contributed by atoms with Gasteiger partial charge in [-0.2, -0.15) is 5.26 Å². The van der Waals surface area contributed by atoms with Crippen molar-refractivity contribution in [2.45, 2.75) is 0 Å². The van der Waals surface area contributed by atoms with Gasteiger partial charge in [0, 0.05) is 0 Å². The standard InChI is InChI=1S/C14H10BrNO2/c1-17-11-3-5-12(6-4-11)18-14-7-2-10(9-16)8-13(14)15/h2-8H,1H3. The minimum Gasteiger partial charge on any atom is -0.497 e. The molecule has 4 heteroatoms. The van der Waals surface area contributed by atoms with E-state index >= 15 is 0 Å². The lowest BCUT2D eigenvalue weighted by Gasteiger charge is -2.08. The van der Waals surface area contributed by atoms with E-state index in [1.807, 2.05) is 24.3 Å². The third-order valence-electron chi connectivity index (χ3n) is 2.35. The molecule has 2 aromatic carbocycles. The molecule has 90 valence electrons. The lowest BCUT2D eigenvalue weighted by atomic mass is 10.2. The monoisotopic (exact) mass is 303 g/mol. The van der Waals surface area contributed by atoms with Crippen LogP contribution in [0.5, 0.6) is 17.2 Å². The molecule has 0 N–H and O–H groups in total. The molecule has 0 spiro atoms. The molecule has 3 nitrogen and oxygen atoms in total. The number of benzene rings is 2. The third-order valence-corrected chi connectivity index (χ3v) is 2.97. The van der Waals surface area contributed by atoms with E-state index in [0.29, 0.717) is 17.1 Å². The first kappa shape index (κ1) is 12.5. The van der Waals surface area contributed by atoms with Gasteiger partial charge < -0.3 is 9.47 Å². The van der Waals surface area contributed by atoms with Crippen LogP contribution in [0.1, 0.15) is 5.56 Å². The van der Waals surface area contributed by atoms with Crippen molar-refractivity contribution in [3.05, 3.63) is 52.5 Å². The first-order valence-corrected chi connectivity index (χ1v) is 6.04. The molecule has 0 unspecified atom stereocenters. The van der Waals surface area contributed by atoms with Gasteiger partial charge in [0.1, 0.15) is 17.2 Å². The second-order valence-electron chi connectivity index (χ2n) is 3.53. The van der Waals surface area contributed by atoms with Crippen LogP contribution in [0.25, 0.3) is 0 Å². The summed E-state index contributed by atoms with van der Waals surface area (Å²) in [6.45, 7) is 0. The van der Waals surface area contributed by atoms with E-state index < -0.39 is 0 Å². The van der Waals surface area contributed by atoms with Crippen molar-refractivity contribution in [1.29, 1.82) is 5.26 Å². The second kappa shape index (κ2) is 5.56. The second-order valence-corrected chi connectivity index (χ2v) is 4.39. The topological polar surface area (TPSA) is 42.2 Å². The Labute approximate surface area is 114 Å². The number of nitrogens with zero attached hydrogens (tertiary/aromatic N) is 1. The van der Waals surface area contributed by atoms with E-state index in [0.717, 1.165) is 10.2 Å². The Morgan fingerprint density at radius 1 is 1.06 bits per heavy atom. The highest BCUT2D eigenvalue weighted by atomic mass is 79.9. The van der Waals surface area contributed by atoms with Gasteiger partial charge in [-0.15, -0.1) is 0 Å². The lowest BCUT2D eigenvalue weighted by Crippen LogP contribution is -1.87. The number of ether oxygens (including phenoxy) is 2. The SMILES string of the molecule is COc1ccc(Oc2ccc(C#N)cc2Br)cc1. The molecular weight excluding hydrogens is 294 g/mol. The highest BCUT2D eigenvalue weighted by molar-refractivity contribution is 9.10. The maximum absolute atomic E-state index is 8.77. The fraction of sp³-hybridized carbons (Fsp3) is 0.0714. The van der Waals surface area contributed by atoms with Crippen molar-refractivity contribution in [2.75, 3.05) is 7.11 Å². The smallest absolute Gasteiger partial charge is 0.141 e. The summed E-state index contributed by atoms with van der Waals surface area (Å²) in [6, 6.07) is 14.6. The van der Waals surface area contributed by atoms with E-state index in [-0.39, 0.29) is 0 Å². The molecule has 0 saturated heterocycles. The van der Waals surface area contributed by atoms with E-state index in [4.69, 9.17) is 14.7 Å². The molecule has 0 amide bonds. The number of halogens is 1. The summed E-state index contributed by atoms with van der Waals surface area (Å²) in [7, 11) is 1.62. The van der Waals surface area contributed by atoms with Crippen molar-refractivity contribution in [2.24, 2.45) is 0 Å². The number of nitriles is 1. The molecular formula is C14H10BrNO2. The fourth-order valence-corrected chi connectivity index (χ4v) is 1.88. The van der Waals surface area contributed by atoms with Crippen LogP contribution in [0.3, 0.4) is 0 Å². The van der Waals surface area contributed by atoms with Crippen LogP contribution in [-0.4, -0.2) is 7.11 Å². The lowest BCUT2D eigenvalue weighted by molar-refractivity contribution is 0.412. The van der Waals surface area contributed by atoms with Gasteiger partial charge in [-0.25, -0.2) is 0 Å². The Kier molecular flexibility index (Phi) is 3.85. The minimum atomic E-state index is 0.587. The number of rotatable bonds is 3. The van der Waals surface area contributed by atoms with Gasteiger partial charge in [0.15, 0.2) is 0 Å². The quantitative estimate of drug-likeness (QED) is 0.856. The van der Waals surface area contributed by atoms with Crippen LogP contribution in [0.2, 0.25) is 0 Å². The average molecular weight is 304 g/mol. The first-order chi connectivity index (χ1) is 8.72. The fourth-order valence-electron chi connectivity index (χ4n) is 1.42. The number of hydrogen-bond donors (Lipinski definition) is 0. The predicted octanol–water partition coefficient (Wildman–Crippen LogP) is 4.12. The first-order valence-electron chi connectivity index (χ1n) is 5.24. The molecule has 0 fully saturated rings. The molecule has 2 rings (SSSR count). The highest BCUT2D eigenvalue weighted by Gasteiger charge is 2.04. The number of hydrogen-bond acceptors (Lipinski definition) is 3. The van der Waals surface area contributed by atoms with Crippen LogP contribution < -0.4 is 9.47 Å². The third kappa shape index (κ3) is 2.82. The maximum Gasteiger partial charge on any atom is 0.141 e. The van der Waals surface area contributed by atoms with E-state index in [1.165, 1.54) is 0 Å². The summed E-state index contributed by atoms with van der Waals surface area (Å²) in [4.78, 5) is 0. The summed E-state index contributed by atoms with van der Waals surface area (Å²) in [5, 5.41) is 8.77. The van der Waals surface area contributed by atoms with Gasteiger partial charge in [-0.1, -0.05) is 0 Å². The van der Waals surface area contributed by atoms with Gasteiger partial charge in [-0.05, 0) is 58.4 Å². The molecule has 0 saturated carbocycles. The van der Waals surface area contributed by atoms with Crippen molar-refractivity contribution in [1.82, 2.24) is 0 Å². The molecule has 0 aliphatic carbocycles. The maximum atomic E-state index is 8.77. The van der Waals surface area contributed by atoms with Gasteiger partial charge in [0.25, 0.3) is 0 Å². The molecule has 0 radical (unpaired) electrons. The van der Waals surface area contributed by atoms with Crippen LogP contribution >= 0.6 is 15.9 Å². The van der Waals surface area contributed by atoms with Crippen LogP contribution in [-0.2, 0) is 0 Å². The summed E-state index contributed by atoms with van der Waals surface area (Å²) in [6.07, 6.45) is 0. The summed E-state index contributed by atoms with van der Waals surface area (Å²) in [5.41, 5.74) is 0.587. The molecule has 0 atom stereocenters. The zero-order valence-electron chi connectivity index (χ0n) is 9.68. The molecule has 0 aliphatic heterocycles. The van der Waals surface area contributed by atoms with Crippen molar-refractivity contribution < 1.29 is 9.47 Å². The Hall–Kier alpha value is -1.99. The van der Waals surface area contributed by atoms with Crippen molar-refractivity contribution >= 4 is 15.9 Å². The zero-order chi connectivity index (χ0) is 13.0. The van der Waals surface area contributed by atoms with E-state index in [1.54, 1.807) is 25.3 Å². The normalized spacial score (nSPS) is 9.61. The summed E-state index contributed by atoms with van der Waals surface area (Å²) >= 11 is 3.37. The van der Waals surface area contributed by atoms with E-state index in [9.17, 15) is 0 Å². The Balaban J connectivity index is 2.20. The van der Waals surface area contributed by atoms with Gasteiger partial charge in [0.05, 0.1) is 23.2 Å². The molecule has 0 heterocycles. The predicted molar refractivity (Wildman–Crippen MR) is 71.9 cm³/mol. The largest absolute Gasteiger partial charge is 0.497 e. The van der Waals surface area contributed by atoms with Gasteiger partial charge >= 0.3 is 0 Å². The molecule has 0 bridgehead atoms. The minimum absolute atomic E-state index is 0.587. The summed E-state index contributed by atoms with van der Waals surface area (Å²) in [5.74, 6) is 2.15.